The van der Waals surface area contributed by atoms with E-state index in [9.17, 15) is 8.42 Å². The van der Waals surface area contributed by atoms with Crippen LogP contribution in [0.25, 0.3) is 5.57 Å². The summed E-state index contributed by atoms with van der Waals surface area (Å²) in [6, 6.07) is 3.37. The van der Waals surface area contributed by atoms with Crippen LogP contribution in [0.2, 0.25) is 0 Å². The molecule has 0 aromatic heterocycles. The van der Waals surface area contributed by atoms with Gasteiger partial charge in [-0.3, -0.25) is 0 Å². The van der Waals surface area contributed by atoms with Gasteiger partial charge in [-0.25, -0.2) is 8.42 Å². The molecule has 2 rings (SSSR count). The van der Waals surface area contributed by atoms with E-state index in [-0.39, 0.29) is 11.2 Å². The van der Waals surface area contributed by atoms with Gasteiger partial charge in [-0.05, 0) is 23.5 Å². The maximum Gasteiger partial charge on any atom is 0.172 e. The van der Waals surface area contributed by atoms with Crippen LogP contribution in [0.3, 0.4) is 0 Å². The van der Waals surface area contributed by atoms with E-state index in [2.05, 4.69) is 0 Å². The van der Waals surface area contributed by atoms with Gasteiger partial charge in [0.15, 0.2) is 9.84 Å². The predicted octanol–water partition coefficient (Wildman–Crippen LogP) is 1.62. The molecule has 0 aliphatic carbocycles. The van der Waals surface area contributed by atoms with Crippen LogP contribution in [0, 0.1) is 5.41 Å². The molecule has 0 bridgehead atoms. The van der Waals surface area contributed by atoms with Crippen molar-refractivity contribution in [1.29, 1.82) is 0 Å². The van der Waals surface area contributed by atoms with Crippen LogP contribution in [0.15, 0.2) is 17.5 Å². The van der Waals surface area contributed by atoms with Gasteiger partial charge in [-0.15, -0.1) is 0 Å². The highest BCUT2D eigenvalue weighted by atomic mass is 32.2. The summed E-state index contributed by atoms with van der Waals surface area (Å²) in [4.78, 5) is 0. The summed E-state index contributed by atoms with van der Waals surface area (Å²) >= 11 is 0. The average molecular weight is 281 g/mol. The summed E-state index contributed by atoms with van der Waals surface area (Å²) in [7, 11) is -3.22. The molecule has 0 amide bonds. The molecule has 1 heterocycles. The lowest BCUT2D eigenvalue weighted by Gasteiger charge is -2.30. The molecule has 6 N–H and O–H groups in total. The lowest BCUT2D eigenvalue weighted by molar-refractivity contribution is 0.421. The van der Waals surface area contributed by atoms with Crippen LogP contribution in [0.1, 0.15) is 25.8 Å². The van der Waals surface area contributed by atoms with Gasteiger partial charge in [0.2, 0.25) is 0 Å². The van der Waals surface area contributed by atoms with Crippen molar-refractivity contribution in [3.05, 3.63) is 23.1 Å². The lowest BCUT2D eigenvalue weighted by atomic mass is 9.84. The molecular weight excluding hydrogens is 262 g/mol. The van der Waals surface area contributed by atoms with E-state index in [0.717, 1.165) is 0 Å². The monoisotopic (exact) mass is 281 g/mol. The fraction of sp³-hybridized carbons (Fsp3) is 0.385. The molecule has 104 valence electrons. The number of rotatable bonds is 1. The molecule has 0 saturated carbocycles. The number of sulfone groups is 1. The summed E-state index contributed by atoms with van der Waals surface area (Å²) in [5, 5.41) is 1.31. The molecule has 6 heteroatoms. The van der Waals surface area contributed by atoms with Gasteiger partial charge in [0.1, 0.15) is 0 Å². The molecule has 0 atom stereocenters. The fourth-order valence-corrected chi connectivity index (χ4v) is 4.42. The molecule has 0 fully saturated rings. The SMILES string of the molecule is CC1(C)CC(c2ccc(N)c(N)c2N)=CS(=O)(=O)C1. The maximum absolute atomic E-state index is 11.9. The van der Waals surface area contributed by atoms with E-state index in [1.165, 1.54) is 5.41 Å². The van der Waals surface area contributed by atoms with Gasteiger partial charge in [0.05, 0.1) is 22.8 Å². The summed E-state index contributed by atoms with van der Waals surface area (Å²) in [6.45, 7) is 3.85. The molecule has 1 aliphatic heterocycles. The van der Waals surface area contributed by atoms with E-state index < -0.39 is 9.84 Å². The van der Waals surface area contributed by atoms with Gasteiger partial charge in [0, 0.05) is 11.0 Å². The molecule has 1 aromatic carbocycles. The lowest BCUT2D eigenvalue weighted by Crippen LogP contribution is -2.27. The minimum Gasteiger partial charge on any atom is -0.397 e. The Labute approximate surface area is 113 Å². The van der Waals surface area contributed by atoms with Crippen LogP contribution in [-0.2, 0) is 9.84 Å². The molecule has 1 aromatic rings. The third-order valence-corrected chi connectivity index (χ3v) is 5.08. The standard InChI is InChI=1S/C13H19N3O2S/c1-13(2)5-8(6-19(17,18)7-13)9-3-4-10(14)12(16)11(9)15/h3-4,6H,5,7,14-16H2,1-2H3. The molecule has 0 radical (unpaired) electrons. The van der Waals surface area contributed by atoms with Crippen LogP contribution >= 0.6 is 0 Å². The van der Waals surface area contributed by atoms with Crippen LogP contribution < -0.4 is 17.2 Å². The number of nitrogens with two attached hydrogens (primary N) is 3. The topological polar surface area (TPSA) is 112 Å². The maximum atomic E-state index is 11.9. The van der Waals surface area contributed by atoms with Crippen LogP contribution in [-0.4, -0.2) is 14.2 Å². The normalized spacial score (nSPS) is 20.8. The number of hydrogen-bond donors (Lipinski definition) is 3. The first-order chi connectivity index (χ1) is 8.61. The Morgan fingerprint density at radius 1 is 1.11 bits per heavy atom. The first-order valence-electron chi connectivity index (χ1n) is 5.98. The van der Waals surface area contributed by atoms with E-state index in [1.54, 1.807) is 12.1 Å². The van der Waals surface area contributed by atoms with Crippen molar-refractivity contribution in [2.45, 2.75) is 20.3 Å². The van der Waals surface area contributed by atoms with E-state index in [1.807, 2.05) is 13.8 Å². The fourth-order valence-electron chi connectivity index (χ4n) is 2.50. The molecule has 0 unspecified atom stereocenters. The van der Waals surface area contributed by atoms with Crippen molar-refractivity contribution in [3.63, 3.8) is 0 Å². The predicted molar refractivity (Wildman–Crippen MR) is 79.8 cm³/mol. The molecule has 0 saturated heterocycles. The average Bonchev–Trinajstić information content (AvgIpc) is 2.21. The van der Waals surface area contributed by atoms with Crippen molar-refractivity contribution in [3.8, 4) is 0 Å². The Morgan fingerprint density at radius 2 is 1.74 bits per heavy atom. The van der Waals surface area contributed by atoms with E-state index in [0.29, 0.717) is 34.6 Å². The Balaban J connectivity index is 2.60. The minimum absolute atomic E-state index is 0.147. The Kier molecular flexibility index (Phi) is 3.01. The van der Waals surface area contributed by atoms with Gasteiger partial charge in [-0.2, -0.15) is 0 Å². The van der Waals surface area contributed by atoms with Crippen LogP contribution in [0.4, 0.5) is 17.1 Å². The van der Waals surface area contributed by atoms with Gasteiger partial charge in [0.25, 0.3) is 0 Å². The van der Waals surface area contributed by atoms with Crippen molar-refractivity contribution < 1.29 is 8.42 Å². The largest absolute Gasteiger partial charge is 0.397 e. The second kappa shape index (κ2) is 4.16. The van der Waals surface area contributed by atoms with Crippen molar-refractivity contribution in [2.24, 2.45) is 5.41 Å². The van der Waals surface area contributed by atoms with E-state index in [4.69, 9.17) is 17.2 Å². The number of allylic oxidation sites excluding steroid dienone is 1. The number of nitrogen functional groups attached to an aromatic ring is 3. The van der Waals surface area contributed by atoms with Crippen molar-refractivity contribution >= 4 is 32.5 Å². The summed E-state index contributed by atoms with van der Waals surface area (Å²) in [5.41, 5.74) is 19.5. The molecule has 19 heavy (non-hydrogen) atoms. The Hall–Kier alpha value is -1.69. The molecule has 5 nitrogen and oxygen atoms in total. The summed E-state index contributed by atoms with van der Waals surface area (Å²) in [6.07, 6.45) is 0.639. The third kappa shape index (κ3) is 2.68. The highest BCUT2D eigenvalue weighted by Crippen LogP contribution is 2.41. The number of benzene rings is 1. The molecule has 1 aliphatic rings. The van der Waals surface area contributed by atoms with Crippen LogP contribution in [0.5, 0.6) is 0 Å². The quantitative estimate of drug-likeness (QED) is 0.677. The molecular formula is C13H19N3O2S. The van der Waals surface area contributed by atoms with Crippen molar-refractivity contribution in [2.75, 3.05) is 23.0 Å². The summed E-state index contributed by atoms with van der Waals surface area (Å²) < 4.78 is 23.9. The summed E-state index contributed by atoms with van der Waals surface area (Å²) in [5.74, 6) is 0.147. The van der Waals surface area contributed by atoms with E-state index >= 15 is 0 Å². The Bertz CT molecular complexity index is 661. The zero-order chi connectivity index (χ0) is 14.4. The highest BCUT2D eigenvalue weighted by Gasteiger charge is 2.32. The minimum atomic E-state index is -3.22. The number of anilines is 3. The highest BCUT2D eigenvalue weighted by molar-refractivity contribution is 7.94. The third-order valence-electron chi connectivity index (χ3n) is 3.25. The second-order valence-electron chi connectivity index (χ2n) is 5.82. The molecule has 0 spiro atoms. The first-order valence-corrected chi connectivity index (χ1v) is 7.70. The number of hydrogen-bond acceptors (Lipinski definition) is 5. The van der Waals surface area contributed by atoms with Crippen molar-refractivity contribution in [1.82, 2.24) is 0 Å². The Morgan fingerprint density at radius 3 is 2.32 bits per heavy atom. The second-order valence-corrected chi connectivity index (χ2v) is 7.67. The van der Waals surface area contributed by atoms with Gasteiger partial charge >= 0.3 is 0 Å². The zero-order valence-corrected chi connectivity index (χ0v) is 11.9. The smallest absolute Gasteiger partial charge is 0.172 e. The van der Waals surface area contributed by atoms with Gasteiger partial charge < -0.3 is 17.2 Å². The first kappa shape index (κ1) is 13.7. The zero-order valence-electron chi connectivity index (χ0n) is 11.1. The van der Waals surface area contributed by atoms with Gasteiger partial charge in [-0.1, -0.05) is 19.9 Å².